The second-order valence-electron chi connectivity index (χ2n) is 8.82. The number of fused-ring (bicyclic) bond motifs is 4. The van der Waals surface area contributed by atoms with E-state index in [0.717, 1.165) is 44.2 Å². The highest BCUT2D eigenvalue weighted by molar-refractivity contribution is 9.10. The molecule has 0 bridgehead atoms. The van der Waals surface area contributed by atoms with Crippen LogP contribution in [0, 0.1) is 5.41 Å². The Morgan fingerprint density at radius 3 is 2.69 bits per heavy atom. The molecule has 0 saturated heterocycles. The molecule has 0 radical (unpaired) electrons. The number of aromatic hydroxyl groups is 1. The third kappa shape index (κ3) is 2.98. The monoisotopic (exact) mass is 447 g/mol. The number of hydrogen-bond donors (Lipinski definition) is 2. The van der Waals surface area contributed by atoms with E-state index in [1.165, 1.54) is 5.39 Å². The van der Waals surface area contributed by atoms with Gasteiger partial charge in [-0.25, -0.2) is 0 Å². The number of nitrogens with one attached hydrogen (secondary N) is 1. The van der Waals surface area contributed by atoms with Crippen LogP contribution in [0.15, 0.2) is 64.6 Å². The number of ketones is 1. The molecule has 3 nitrogen and oxygen atoms in total. The predicted octanol–water partition coefficient (Wildman–Crippen LogP) is 6.62. The number of rotatable bonds is 1. The van der Waals surface area contributed by atoms with Gasteiger partial charge in [0, 0.05) is 33.3 Å². The first-order chi connectivity index (χ1) is 13.8. The summed E-state index contributed by atoms with van der Waals surface area (Å²) in [6, 6.07) is 17.6. The van der Waals surface area contributed by atoms with Crippen molar-refractivity contribution in [3.63, 3.8) is 0 Å². The summed E-state index contributed by atoms with van der Waals surface area (Å²) < 4.78 is 0.877. The fraction of sp³-hybridized carbons (Fsp3) is 0.240. The molecule has 1 heterocycles. The van der Waals surface area contributed by atoms with Crippen molar-refractivity contribution in [3.05, 3.63) is 75.8 Å². The molecule has 0 spiro atoms. The van der Waals surface area contributed by atoms with Gasteiger partial charge in [-0.05, 0) is 52.4 Å². The molecule has 0 amide bonds. The zero-order valence-corrected chi connectivity index (χ0v) is 18.0. The number of hydrogen-bond acceptors (Lipinski definition) is 3. The summed E-state index contributed by atoms with van der Waals surface area (Å²) in [4.78, 5) is 13.4. The second-order valence-corrected chi connectivity index (χ2v) is 9.74. The van der Waals surface area contributed by atoms with Gasteiger partial charge < -0.3 is 10.4 Å². The largest absolute Gasteiger partial charge is 0.508 e. The zero-order valence-electron chi connectivity index (χ0n) is 16.4. The van der Waals surface area contributed by atoms with E-state index < -0.39 is 0 Å². The molecule has 0 fully saturated rings. The van der Waals surface area contributed by atoms with Gasteiger partial charge in [0.1, 0.15) is 5.75 Å². The first kappa shape index (κ1) is 18.4. The number of Topliss-reactive ketones (excluding diaryl/α,β-unsaturated/α-hetero) is 1. The Hall–Kier alpha value is -2.59. The van der Waals surface area contributed by atoms with E-state index in [0.29, 0.717) is 6.42 Å². The summed E-state index contributed by atoms with van der Waals surface area (Å²) in [5.74, 6) is 0.353. The van der Waals surface area contributed by atoms with Crippen molar-refractivity contribution < 1.29 is 9.90 Å². The number of phenols is 1. The summed E-state index contributed by atoms with van der Waals surface area (Å²) in [5, 5.41) is 16.5. The molecular formula is C25H22BrNO2. The van der Waals surface area contributed by atoms with Gasteiger partial charge in [-0.3, -0.25) is 4.79 Å². The molecule has 2 aliphatic rings. The van der Waals surface area contributed by atoms with Gasteiger partial charge in [-0.1, -0.05) is 60.1 Å². The molecular weight excluding hydrogens is 426 g/mol. The van der Waals surface area contributed by atoms with Crippen LogP contribution in [0.1, 0.15) is 43.9 Å². The summed E-state index contributed by atoms with van der Waals surface area (Å²) >= 11 is 3.51. The second kappa shape index (κ2) is 6.46. The third-order valence-electron chi connectivity index (χ3n) is 6.04. The van der Waals surface area contributed by atoms with Gasteiger partial charge in [0.05, 0.1) is 6.04 Å². The molecule has 0 aromatic heterocycles. The molecule has 2 N–H and O–H groups in total. The standard InChI is InChI=1S/C25H22BrNO2/c1-25(2)12-18-22-16-6-4-3-5-14(16)7-9-19(22)27-24(23(18)21(29)13-25)17-11-15(26)8-10-20(17)28/h3-11,24,27-28H,12-13H2,1-2H3. The minimum Gasteiger partial charge on any atom is -0.508 e. The summed E-state index contributed by atoms with van der Waals surface area (Å²) in [5.41, 5.74) is 4.68. The average molecular weight is 448 g/mol. The van der Waals surface area contributed by atoms with Crippen molar-refractivity contribution >= 4 is 43.7 Å². The van der Waals surface area contributed by atoms with Crippen LogP contribution in [0.5, 0.6) is 5.75 Å². The summed E-state index contributed by atoms with van der Waals surface area (Å²) in [6.45, 7) is 4.32. The van der Waals surface area contributed by atoms with Crippen molar-refractivity contribution in [2.45, 2.75) is 32.7 Å². The fourth-order valence-corrected chi connectivity index (χ4v) is 5.21. The Kier molecular flexibility index (Phi) is 4.11. The summed E-state index contributed by atoms with van der Waals surface area (Å²) in [7, 11) is 0. The quantitative estimate of drug-likeness (QED) is 0.440. The Labute approximate surface area is 178 Å². The maximum Gasteiger partial charge on any atom is 0.162 e. The number of phenolic OH excluding ortho intramolecular Hbond substituents is 1. The minimum absolute atomic E-state index is 0.0919. The van der Waals surface area contributed by atoms with Crippen LogP contribution < -0.4 is 5.32 Å². The lowest BCUT2D eigenvalue weighted by Crippen LogP contribution is -2.33. The Balaban J connectivity index is 1.82. The van der Waals surface area contributed by atoms with Crippen LogP contribution in [-0.4, -0.2) is 10.9 Å². The summed E-state index contributed by atoms with van der Waals surface area (Å²) in [6.07, 6.45) is 1.35. The van der Waals surface area contributed by atoms with Gasteiger partial charge in [0.25, 0.3) is 0 Å². The van der Waals surface area contributed by atoms with Gasteiger partial charge in [-0.15, -0.1) is 0 Å². The number of benzene rings is 3. The van der Waals surface area contributed by atoms with E-state index in [-0.39, 0.29) is 23.0 Å². The molecule has 29 heavy (non-hydrogen) atoms. The maximum atomic E-state index is 13.4. The average Bonchev–Trinajstić information content (AvgIpc) is 2.67. The smallest absolute Gasteiger partial charge is 0.162 e. The lowest BCUT2D eigenvalue weighted by Gasteiger charge is -2.40. The Bertz CT molecular complexity index is 1210. The topological polar surface area (TPSA) is 49.3 Å². The first-order valence-electron chi connectivity index (χ1n) is 9.87. The Morgan fingerprint density at radius 1 is 1.07 bits per heavy atom. The molecule has 146 valence electrons. The zero-order chi connectivity index (χ0) is 20.3. The van der Waals surface area contributed by atoms with Crippen molar-refractivity contribution in [3.8, 4) is 5.75 Å². The van der Waals surface area contributed by atoms with Gasteiger partial charge in [0.15, 0.2) is 5.78 Å². The van der Waals surface area contributed by atoms with Crippen molar-refractivity contribution in [2.24, 2.45) is 5.41 Å². The number of carbonyl (C=O) groups is 1. The third-order valence-corrected chi connectivity index (χ3v) is 6.53. The molecule has 4 heteroatoms. The number of anilines is 1. The molecule has 1 aliphatic heterocycles. The van der Waals surface area contributed by atoms with Crippen LogP contribution in [0.25, 0.3) is 16.3 Å². The van der Waals surface area contributed by atoms with Gasteiger partial charge in [0.2, 0.25) is 0 Å². The van der Waals surface area contributed by atoms with E-state index in [1.54, 1.807) is 6.07 Å². The van der Waals surface area contributed by atoms with Crippen LogP contribution in [0.3, 0.4) is 0 Å². The van der Waals surface area contributed by atoms with Crippen LogP contribution >= 0.6 is 15.9 Å². The predicted molar refractivity (Wildman–Crippen MR) is 121 cm³/mol. The number of halogens is 1. The van der Waals surface area contributed by atoms with Gasteiger partial charge in [-0.2, -0.15) is 0 Å². The van der Waals surface area contributed by atoms with Crippen LogP contribution in [0.4, 0.5) is 5.69 Å². The first-order valence-corrected chi connectivity index (χ1v) is 10.7. The molecule has 3 aromatic rings. The maximum absolute atomic E-state index is 13.4. The van der Waals surface area contributed by atoms with E-state index in [9.17, 15) is 9.90 Å². The van der Waals surface area contributed by atoms with Gasteiger partial charge >= 0.3 is 0 Å². The molecule has 5 rings (SSSR count). The number of allylic oxidation sites excluding steroid dienone is 1. The minimum atomic E-state index is -0.361. The highest BCUT2D eigenvalue weighted by atomic mass is 79.9. The SMILES string of the molecule is CC1(C)CC(=O)C2=C(C1)c1c(ccc3ccccc13)NC2c1cc(Br)ccc1O. The van der Waals surface area contributed by atoms with E-state index in [2.05, 4.69) is 59.4 Å². The van der Waals surface area contributed by atoms with Crippen molar-refractivity contribution in [2.75, 3.05) is 5.32 Å². The highest BCUT2D eigenvalue weighted by Crippen LogP contribution is 2.52. The van der Waals surface area contributed by atoms with E-state index in [4.69, 9.17) is 0 Å². The lowest BCUT2D eigenvalue weighted by molar-refractivity contribution is -0.118. The molecule has 1 aliphatic carbocycles. The van der Waals surface area contributed by atoms with Crippen molar-refractivity contribution in [1.82, 2.24) is 0 Å². The molecule has 0 saturated carbocycles. The fourth-order valence-electron chi connectivity index (χ4n) is 4.83. The van der Waals surface area contributed by atoms with Crippen LogP contribution in [-0.2, 0) is 4.79 Å². The number of carbonyl (C=O) groups excluding carboxylic acids is 1. The lowest BCUT2D eigenvalue weighted by atomic mass is 9.68. The van der Waals surface area contributed by atoms with E-state index >= 15 is 0 Å². The molecule has 1 atom stereocenters. The Morgan fingerprint density at radius 2 is 1.86 bits per heavy atom. The normalized spacial score (nSPS) is 20.2. The highest BCUT2D eigenvalue weighted by Gasteiger charge is 2.41. The van der Waals surface area contributed by atoms with Crippen molar-refractivity contribution in [1.29, 1.82) is 0 Å². The molecule has 3 aromatic carbocycles. The molecule has 1 unspecified atom stereocenters. The van der Waals surface area contributed by atoms with Crippen LogP contribution in [0.2, 0.25) is 0 Å². The van der Waals surface area contributed by atoms with E-state index in [1.807, 2.05) is 24.3 Å².